The van der Waals surface area contributed by atoms with Gasteiger partial charge < -0.3 is 9.15 Å². The van der Waals surface area contributed by atoms with Crippen LogP contribution in [-0.2, 0) is 11.3 Å². The predicted octanol–water partition coefficient (Wildman–Crippen LogP) is 1.75. The third-order valence-electron chi connectivity index (χ3n) is 0.874. The maximum Gasteiger partial charge on any atom is 0.147 e. The average molecular weight is 142 g/mol. The smallest absolute Gasteiger partial charge is 0.147 e. The molecule has 0 bridgehead atoms. The Bertz CT molecular complexity index is 169. The van der Waals surface area contributed by atoms with Crippen molar-refractivity contribution in [3.63, 3.8) is 0 Å². The van der Waals surface area contributed by atoms with Crippen molar-refractivity contribution < 1.29 is 9.15 Å². The molecule has 3 heteroatoms. The second-order valence-corrected chi connectivity index (χ2v) is 1.68. The maximum atomic E-state index is 4.94. The summed E-state index contributed by atoms with van der Waals surface area (Å²) >= 11 is 4.44. The summed E-state index contributed by atoms with van der Waals surface area (Å²) in [6.45, 7) is 0.427. The van der Waals surface area contributed by atoms with E-state index in [1.54, 1.807) is 6.26 Å². The Balaban J connectivity index is 2.38. The molecule has 0 amide bonds. The van der Waals surface area contributed by atoms with E-state index in [9.17, 15) is 0 Å². The van der Waals surface area contributed by atoms with Gasteiger partial charge in [0.05, 0.1) is 6.26 Å². The van der Waals surface area contributed by atoms with E-state index in [2.05, 4.69) is 12.2 Å². The van der Waals surface area contributed by atoms with E-state index in [-0.39, 0.29) is 0 Å². The summed E-state index contributed by atoms with van der Waals surface area (Å²) in [4.78, 5) is 0. The van der Waals surface area contributed by atoms with Crippen LogP contribution in [0.3, 0.4) is 0 Å². The van der Waals surface area contributed by atoms with Crippen molar-refractivity contribution in [2.45, 2.75) is 6.61 Å². The molecule has 0 saturated heterocycles. The molecule has 0 N–H and O–H groups in total. The Morgan fingerprint density at radius 1 is 1.78 bits per heavy atom. The van der Waals surface area contributed by atoms with Gasteiger partial charge in [-0.15, -0.1) is 0 Å². The lowest BCUT2D eigenvalue weighted by Crippen LogP contribution is -1.84. The molecule has 0 atom stereocenters. The molecule has 0 saturated carbocycles. The predicted molar refractivity (Wildman–Crippen MR) is 37.2 cm³/mol. The van der Waals surface area contributed by atoms with Crippen molar-refractivity contribution in [1.29, 1.82) is 0 Å². The number of furan rings is 1. The first kappa shape index (κ1) is 6.29. The molecular weight excluding hydrogens is 136 g/mol. The second-order valence-electron chi connectivity index (χ2n) is 1.49. The highest BCUT2D eigenvalue weighted by molar-refractivity contribution is 7.78. The largest absolute Gasteiger partial charge is 0.482 e. The molecule has 0 aliphatic carbocycles. The van der Waals surface area contributed by atoms with E-state index in [4.69, 9.17) is 9.15 Å². The molecule has 48 valence electrons. The Morgan fingerprint density at radius 3 is 3.22 bits per heavy atom. The number of ether oxygens (including phenoxy) is 1. The first-order chi connectivity index (χ1) is 4.43. The van der Waals surface area contributed by atoms with Gasteiger partial charge in [-0.1, -0.05) is 0 Å². The molecule has 0 spiro atoms. The highest BCUT2D eigenvalue weighted by Gasteiger charge is 1.90. The number of hydrogen-bond donors (Lipinski definition) is 0. The van der Waals surface area contributed by atoms with Crippen LogP contribution in [0.2, 0.25) is 0 Å². The van der Waals surface area contributed by atoms with Crippen LogP contribution in [0.25, 0.3) is 0 Å². The monoisotopic (exact) mass is 142 g/mol. The lowest BCUT2D eigenvalue weighted by atomic mass is 10.5. The van der Waals surface area contributed by atoms with E-state index in [0.29, 0.717) is 6.61 Å². The topological polar surface area (TPSA) is 22.4 Å². The van der Waals surface area contributed by atoms with Gasteiger partial charge in [0.2, 0.25) is 0 Å². The van der Waals surface area contributed by atoms with Crippen LogP contribution in [0.4, 0.5) is 0 Å². The van der Waals surface area contributed by atoms with E-state index in [1.807, 2.05) is 12.1 Å². The summed E-state index contributed by atoms with van der Waals surface area (Å²) < 4.78 is 9.72. The molecule has 1 rings (SSSR count). The molecular formula is C6H6O2S. The molecule has 0 aliphatic heterocycles. The van der Waals surface area contributed by atoms with Gasteiger partial charge in [-0.3, -0.25) is 0 Å². The SMILES string of the molecule is S=COCc1ccco1. The van der Waals surface area contributed by atoms with E-state index < -0.39 is 0 Å². The fraction of sp³-hybridized carbons (Fsp3) is 0.167. The summed E-state index contributed by atoms with van der Waals surface area (Å²) in [5, 5.41) is 0. The molecule has 0 radical (unpaired) electrons. The average Bonchev–Trinajstić information content (AvgIpc) is 2.34. The third-order valence-corrected chi connectivity index (χ3v) is 1.01. The number of hydrogen-bond acceptors (Lipinski definition) is 3. The first-order valence-electron chi connectivity index (χ1n) is 2.51. The van der Waals surface area contributed by atoms with Crippen molar-refractivity contribution in [1.82, 2.24) is 0 Å². The molecule has 1 aromatic rings. The first-order valence-corrected chi connectivity index (χ1v) is 2.98. The molecule has 1 aromatic heterocycles. The van der Waals surface area contributed by atoms with E-state index >= 15 is 0 Å². The fourth-order valence-electron chi connectivity index (χ4n) is 0.511. The fourth-order valence-corrected chi connectivity index (χ4v) is 0.579. The highest BCUT2D eigenvalue weighted by atomic mass is 32.1. The van der Waals surface area contributed by atoms with Crippen molar-refractivity contribution in [3.8, 4) is 0 Å². The minimum absolute atomic E-state index is 0.427. The van der Waals surface area contributed by atoms with Crippen LogP contribution in [0, 0.1) is 0 Å². The van der Waals surface area contributed by atoms with Gasteiger partial charge in [0.25, 0.3) is 0 Å². The van der Waals surface area contributed by atoms with Gasteiger partial charge in [-0.2, -0.15) is 0 Å². The van der Waals surface area contributed by atoms with Crippen LogP contribution in [0.1, 0.15) is 5.76 Å². The number of rotatable bonds is 3. The lowest BCUT2D eigenvalue weighted by molar-refractivity contribution is 0.276. The summed E-state index contributed by atoms with van der Waals surface area (Å²) in [5.74, 6) is 0.788. The lowest BCUT2D eigenvalue weighted by Gasteiger charge is -1.91. The normalized spacial score (nSPS) is 8.89. The van der Waals surface area contributed by atoms with Gasteiger partial charge in [0.15, 0.2) is 0 Å². The molecule has 2 nitrogen and oxygen atoms in total. The van der Waals surface area contributed by atoms with Gasteiger partial charge in [-0.05, 0) is 24.4 Å². The maximum absolute atomic E-state index is 4.94. The van der Waals surface area contributed by atoms with Crippen LogP contribution in [-0.4, -0.2) is 5.55 Å². The van der Waals surface area contributed by atoms with Crippen molar-refractivity contribution in [2.24, 2.45) is 0 Å². The summed E-state index contributed by atoms with van der Waals surface area (Å²) in [7, 11) is 0. The summed E-state index contributed by atoms with van der Waals surface area (Å²) in [6.07, 6.45) is 1.60. The quantitative estimate of drug-likeness (QED) is 0.600. The van der Waals surface area contributed by atoms with Crippen molar-refractivity contribution in [2.75, 3.05) is 0 Å². The minimum Gasteiger partial charge on any atom is -0.482 e. The van der Waals surface area contributed by atoms with Gasteiger partial charge >= 0.3 is 0 Å². The zero-order valence-electron chi connectivity index (χ0n) is 4.74. The van der Waals surface area contributed by atoms with Crippen LogP contribution in [0.15, 0.2) is 22.8 Å². The molecule has 1 heterocycles. The van der Waals surface area contributed by atoms with Crippen LogP contribution < -0.4 is 0 Å². The Hall–Kier alpha value is -0.830. The standard InChI is InChI=1S/C6H6O2S/c9-5-7-4-6-2-1-3-8-6/h1-3,5H,4H2. The molecule has 0 aromatic carbocycles. The highest BCUT2D eigenvalue weighted by Crippen LogP contribution is 1.99. The van der Waals surface area contributed by atoms with Crippen molar-refractivity contribution >= 4 is 17.8 Å². The van der Waals surface area contributed by atoms with Crippen molar-refractivity contribution in [3.05, 3.63) is 24.2 Å². The van der Waals surface area contributed by atoms with Gasteiger partial charge in [-0.25, -0.2) is 0 Å². The van der Waals surface area contributed by atoms with E-state index in [0.717, 1.165) is 5.76 Å². The molecule has 0 aliphatic rings. The third kappa shape index (κ3) is 1.85. The minimum atomic E-state index is 0.427. The number of thiocarbonyl (C=S) groups is 1. The second kappa shape index (κ2) is 3.25. The molecule has 0 unspecified atom stereocenters. The Kier molecular flexibility index (Phi) is 2.27. The van der Waals surface area contributed by atoms with Crippen LogP contribution in [0.5, 0.6) is 0 Å². The van der Waals surface area contributed by atoms with Gasteiger partial charge in [0.1, 0.15) is 17.9 Å². The Labute approximate surface area is 58.4 Å². The van der Waals surface area contributed by atoms with Gasteiger partial charge in [0, 0.05) is 0 Å². The van der Waals surface area contributed by atoms with E-state index in [1.165, 1.54) is 5.55 Å². The zero-order chi connectivity index (χ0) is 6.53. The van der Waals surface area contributed by atoms with Crippen LogP contribution >= 0.6 is 12.2 Å². The summed E-state index contributed by atoms with van der Waals surface area (Å²) in [6, 6.07) is 3.64. The molecule has 0 fully saturated rings. The molecule has 9 heavy (non-hydrogen) atoms. The Morgan fingerprint density at radius 2 is 2.67 bits per heavy atom. The summed E-state index contributed by atoms with van der Waals surface area (Å²) in [5.41, 5.74) is 1.22. The zero-order valence-corrected chi connectivity index (χ0v) is 5.56.